The van der Waals surface area contributed by atoms with Crippen molar-refractivity contribution in [3.8, 4) is 5.75 Å². The van der Waals surface area contributed by atoms with Crippen molar-refractivity contribution in [2.24, 2.45) is 5.92 Å². The van der Waals surface area contributed by atoms with Gasteiger partial charge in [0.05, 0.1) is 5.92 Å². The summed E-state index contributed by atoms with van der Waals surface area (Å²) in [6, 6.07) is 14.5. The zero-order valence-electron chi connectivity index (χ0n) is 16.4. The van der Waals surface area contributed by atoms with E-state index in [1.807, 2.05) is 24.3 Å². The van der Waals surface area contributed by atoms with E-state index in [1.165, 1.54) is 6.42 Å². The van der Waals surface area contributed by atoms with Gasteiger partial charge in [-0.1, -0.05) is 69.5 Å². The number of nitrogens with one attached hydrogen (secondary N) is 1. The van der Waals surface area contributed by atoms with E-state index < -0.39 is 0 Å². The van der Waals surface area contributed by atoms with Crippen molar-refractivity contribution >= 4 is 16.7 Å². The Morgan fingerprint density at radius 2 is 1.81 bits per heavy atom. The van der Waals surface area contributed by atoms with E-state index in [4.69, 9.17) is 9.47 Å². The molecule has 0 amide bonds. The third-order valence-electron chi connectivity index (χ3n) is 5.15. The fraction of sp³-hybridized carbons (Fsp3) is 0.522. The van der Waals surface area contributed by atoms with Gasteiger partial charge in [-0.05, 0) is 24.3 Å². The van der Waals surface area contributed by atoms with Crippen molar-refractivity contribution in [2.45, 2.75) is 58.1 Å². The molecule has 27 heavy (non-hydrogen) atoms. The van der Waals surface area contributed by atoms with Crippen LogP contribution >= 0.6 is 0 Å². The molecule has 2 aromatic rings. The van der Waals surface area contributed by atoms with E-state index in [-0.39, 0.29) is 18.0 Å². The van der Waals surface area contributed by atoms with E-state index in [1.54, 1.807) is 0 Å². The third-order valence-corrected chi connectivity index (χ3v) is 5.15. The van der Waals surface area contributed by atoms with Crippen molar-refractivity contribution in [3.63, 3.8) is 0 Å². The Morgan fingerprint density at radius 3 is 2.59 bits per heavy atom. The summed E-state index contributed by atoms with van der Waals surface area (Å²) >= 11 is 0. The number of ether oxygens (including phenoxy) is 2. The highest BCUT2D eigenvalue weighted by atomic mass is 16.6. The molecule has 0 aromatic heterocycles. The topological polar surface area (TPSA) is 47.6 Å². The highest BCUT2D eigenvalue weighted by molar-refractivity contribution is 5.88. The first kappa shape index (κ1) is 19.7. The lowest BCUT2D eigenvalue weighted by Gasteiger charge is -2.25. The standard InChI is InChI=1S/C23H31NO3/c1-17(2)24-15-20(27-23(25)19-10-4-3-5-11-19)16-26-22-14-8-12-18-9-6-7-13-21(18)22/h6-9,12-14,17,19-20,24H,3-5,10-11,15-16H2,1-2H3. The average molecular weight is 370 g/mol. The lowest BCUT2D eigenvalue weighted by Crippen LogP contribution is -2.39. The van der Waals surface area contributed by atoms with Gasteiger partial charge in [-0.25, -0.2) is 0 Å². The number of rotatable bonds is 8. The van der Waals surface area contributed by atoms with Gasteiger partial charge < -0.3 is 14.8 Å². The molecular formula is C23H31NO3. The predicted molar refractivity (Wildman–Crippen MR) is 109 cm³/mol. The second-order valence-electron chi connectivity index (χ2n) is 7.75. The first-order valence-electron chi connectivity index (χ1n) is 10.2. The van der Waals surface area contributed by atoms with Crippen molar-refractivity contribution in [3.05, 3.63) is 42.5 Å². The van der Waals surface area contributed by atoms with Gasteiger partial charge in [-0.3, -0.25) is 4.79 Å². The lowest BCUT2D eigenvalue weighted by atomic mass is 9.89. The van der Waals surface area contributed by atoms with Crippen LogP contribution in [0.15, 0.2) is 42.5 Å². The maximum atomic E-state index is 12.6. The fourth-order valence-electron chi connectivity index (χ4n) is 3.60. The summed E-state index contributed by atoms with van der Waals surface area (Å²) in [5.41, 5.74) is 0. The van der Waals surface area contributed by atoms with E-state index in [2.05, 4.69) is 37.4 Å². The summed E-state index contributed by atoms with van der Waals surface area (Å²) in [5.74, 6) is 0.820. The SMILES string of the molecule is CC(C)NCC(COc1cccc2ccccc12)OC(=O)C1CCCCC1. The Bertz CT molecular complexity index is 732. The van der Waals surface area contributed by atoms with Crippen LogP contribution in [0.3, 0.4) is 0 Å². The van der Waals surface area contributed by atoms with Crippen LogP contribution in [0.2, 0.25) is 0 Å². The highest BCUT2D eigenvalue weighted by Crippen LogP contribution is 2.27. The first-order valence-corrected chi connectivity index (χ1v) is 10.2. The minimum Gasteiger partial charge on any atom is -0.489 e. The fourth-order valence-corrected chi connectivity index (χ4v) is 3.60. The van der Waals surface area contributed by atoms with Crippen LogP contribution < -0.4 is 10.1 Å². The summed E-state index contributed by atoms with van der Waals surface area (Å²) in [6.07, 6.45) is 5.09. The van der Waals surface area contributed by atoms with Gasteiger partial charge in [-0.2, -0.15) is 0 Å². The number of carbonyl (C=O) groups is 1. The summed E-state index contributed by atoms with van der Waals surface area (Å²) in [5, 5.41) is 5.59. The molecule has 2 aromatic carbocycles. The molecule has 146 valence electrons. The molecule has 0 heterocycles. The van der Waals surface area contributed by atoms with E-state index >= 15 is 0 Å². The first-order chi connectivity index (χ1) is 13.1. The van der Waals surface area contributed by atoms with Gasteiger partial charge in [0.15, 0.2) is 0 Å². The molecular weight excluding hydrogens is 338 g/mol. The monoisotopic (exact) mass is 369 g/mol. The minimum atomic E-state index is -0.291. The molecule has 3 rings (SSSR count). The third kappa shape index (κ3) is 5.70. The molecule has 1 aliphatic carbocycles. The molecule has 1 aliphatic rings. The van der Waals surface area contributed by atoms with E-state index in [0.717, 1.165) is 42.2 Å². The summed E-state index contributed by atoms with van der Waals surface area (Å²) < 4.78 is 11.9. The Balaban J connectivity index is 1.64. The predicted octanol–water partition coefficient (Wildman–Crippen LogP) is 4.71. The lowest BCUT2D eigenvalue weighted by molar-refractivity contribution is -0.156. The molecule has 0 spiro atoms. The van der Waals surface area contributed by atoms with Gasteiger partial charge in [0.2, 0.25) is 0 Å². The van der Waals surface area contributed by atoms with Crippen molar-refractivity contribution in [2.75, 3.05) is 13.2 Å². The van der Waals surface area contributed by atoms with Gasteiger partial charge in [0, 0.05) is 18.0 Å². The molecule has 1 saturated carbocycles. The van der Waals surface area contributed by atoms with Crippen LogP contribution in [0, 0.1) is 5.92 Å². The van der Waals surface area contributed by atoms with Crippen LogP contribution in [0.1, 0.15) is 46.0 Å². The van der Waals surface area contributed by atoms with Crippen LogP contribution in [0.25, 0.3) is 10.8 Å². The largest absolute Gasteiger partial charge is 0.489 e. The van der Waals surface area contributed by atoms with Gasteiger partial charge in [0.25, 0.3) is 0 Å². The van der Waals surface area contributed by atoms with Crippen LogP contribution in [-0.2, 0) is 9.53 Å². The van der Waals surface area contributed by atoms with Crippen LogP contribution in [0.4, 0.5) is 0 Å². The smallest absolute Gasteiger partial charge is 0.309 e. The molecule has 0 radical (unpaired) electrons. The number of hydrogen-bond donors (Lipinski definition) is 1. The Morgan fingerprint density at radius 1 is 1.07 bits per heavy atom. The Hall–Kier alpha value is -2.07. The van der Waals surface area contributed by atoms with Gasteiger partial charge in [0.1, 0.15) is 18.5 Å². The molecule has 0 saturated heterocycles. The molecule has 1 fully saturated rings. The highest BCUT2D eigenvalue weighted by Gasteiger charge is 2.25. The molecule has 0 aliphatic heterocycles. The summed E-state index contributed by atoms with van der Waals surface area (Å²) in [7, 11) is 0. The zero-order chi connectivity index (χ0) is 19.1. The average Bonchev–Trinajstić information content (AvgIpc) is 2.70. The molecule has 1 unspecified atom stereocenters. The van der Waals surface area contributed by atoms with Crippen molar-refractivity contribution in [1.29, 1.82) is 0 Å². The number of fused-ring (bicyclic) bond motifs is 1. The van der Waals surface area contributed by atoms with E-state index in [0.29, 0.717) is 19.2 Å². The molecule has 1 atom stereocenters. The summed E-state index contributed by atoms with van der Waals surface area (Å²) in [4.78, 5) is 12.6. The number of esters is 1. The van der Waals surface area contributed by atoms with Crippen molar-refractivity contribution in [1.82, 2.24) is 5.32 Å². The van der Waals surface area contributed by atoms with Crippen molar-refractivity contribution < 1.29 is 14.3 Å². The summed E-state index contributed by atoms with van der Waals surface area (Å²) in [6.45, 7) is 5.13. The number of benzene rings is 2. The Labute approximate surface area is 162 Å². The normalized spacial score (nSPS) is 16.4. The minimum absolute atomic E-state index is 0.0536. The van der Waals surface area contributed by atoms with Crippen LogP contribution in [0.5, 0.6) is 5.75 Å². The quantitative estimate of drug-likeness (QED) is 0.685. The molecule has 1 N–H and O–H groups in total. The number of hydrogen-bond acceptors (Lipinski definition) is 4. The van der Waals surface area contributed by atoms with Gasteiger partial charge in [-0.15, -0.1) is 0 Å². The molecule has 0 bridgehead atoms. The number of carbonyl (C=O) groups excluding carboxylic acids is 1. The van der Waals surface area contributed by atoms with Gasteiger partial charge >= 0.3 is 5.97 Å². The maximum absolute atomic E-state index is 12.6. The van der Waals surface area contributed by atoms with E-state index in [9.17, 15) is 4.79 Å². The molecule has 4 nitrogen and oxygen atoms in total. The maximum Gasteiger partial charge on any atom is 0.309 e. The zero-order valence-corrected chi connectivity index (χ0v) is 16.4. The Kier molecular flexibility index (Phi) is 7.11. The second-order valence-corrected chi connectivity index (χ2v) is 7.75. The van der Waals surface area contributed by atoms with Crippen LogP contribution in [-0.4, -0.2) is 31.3 Å². The molecule has 4 heteroatoms. The second kappa shape index (κ2) is 9.75.